The van der Waals surface area contributed by atoms with Crippen molar-refractivity contribution in [3.63, 3.8) is 0 Å². The van der Waals surface area contributed by atoms with Gasteiger partial charge in [-0.1, -0.05) is 0 Å². The van der Waals surface area contributed by atoms with Crippen LogP contribution in [0.2, 0.25) is 0 Å². The molecule has 2 fully saturated rings. The number of carbonyl (C=O) groups is 1. The highest BCUT2D eigenvalue weighted by atomic mass is 16.5. The third kappa shape index (κ3) is 3.46. The molecule has 1 amide bonds. The number of rotatable bonds is 3. The summed E-state index contributed by atoms with van der Waals surface area (Å²) in [4.78, 5) is 13.8. The van der Waals surface area contributed by atoms with Crippen molar-refractivity contribution in [1.29, 1.82) is 0 Å². The molecule has 2 aliphatic rings. The average molecular weight is 226 g/mol. The van der Waals surface area contributed by atoms with Gasteiger partial charge in [-0.15, -0.1) is 0 Å². The molecule has 0 aliphatic carbocycles. The normalized spacial score (nSPS) is 23.4. The van der Waals surface area contributed by atoms with Crippen molar-refractivity contribution in [3.8, 4) is 0 Å². The number of nitrogens with zero attached hydrogens (tertiary/aromatic N) is 1. The smallest absolute Gasteiger partial charge is 0.222 e. The summed E-state index contributed by atoms with van der Waals surface area (Å²) in [6, 6.07) is 0. The summed E-state index contributed by atoms with van der Waals surface area (Å²) in [7, 11) is 0. The second-order valence-corrected chi connectivity index (χ2v) is 4.73. The van der Waals surface area contributed by atoms with Crippen LogP contribution in [-0.2, 0) is 9.53 Å². The van der Waals surface area contributed by atoms with Crippen LogP contribution in [-0.4, -0.2) is 50.2 Å². The predicted molar refractivity (Wildman–Crippen MR) is 62.2 cm³/mol. The second kappa shape index (κ2) is 6.21. The summed E-state index contributed by atoms with van der Waals surface area (Å²) in [5.41, 5.74) is 0. The van der Waals surface area contributed by atoms with Crippen LogP contribution < -0.4 is 5.32 Å². The highest BCUT2D eigenvalue weighted by Gasteiger charge is 2.19. The van der Waals surface area contributed by atoms with Crippen LogP contribution in [0, 0.1) is 5.92 Å². The summed E-state index contributed by atoms with van der Waals surface area (Å²) in [6.45, 7) is 5.22. The maximum atomic E-state index is 11.9. The standard InChI is InChI=1S/C12H22N2O2/c15-12(14-7-9-16-10-8-14)2-1-11-3-5-13-6-4-11/h11,13H,1-10H2. The first-order valence-corrected chi connectivity index (χ1v) is 6.42. The number of morpholine rings is 1. The lowest BCUT2D eigenvalue weighted by Crippen LogP contribution is -2.40. The molecular formula is C12H22N2O2. The average Bonchev–Trinajstić information content (AvgIpc) is 2.38. The van der Waals surface area contributed by atoms with Crippen LogP contribution in [0.25, 0.3) is 0 Å². The first-order chi connectivity index (χ1) is 7.86. The van der Waals surface area contributed by atoms with Crippen molar-refractivity contribution in [3.05, 3.63) is 0 Å². The molecule has 2 rings (SSSR count). The molecule has 1 N–H and O–H groups in total. The van der Waals surface area contributed by atoms with Gasteiger partial charge in [0.05, 0.1) is 13.2 Å². The van der Waals surface area contributed by atoms with E-state index in [1.807, 2.05) is 4.90 Å². The number of nitrogens with one attached hydrogen (secondary N) is 1. The van der Waals surface area contributed by atoms with Gasteiger partial charge in [-0.05, 0) is 38.3 Å². The molecule has 2 aliphatic heterocycles. The lowest BCUT2D eigenvalue weighted by molar-refractivity contribution is -0.135. The number of hydrogen-bond donors (Lipinski definition) is 1. The summed E-state index contributed by atoms with van der Waals surface area (Å²) < 4.78 is 5.24. The minimum Gasteiger partial charge on any atom is -0.378 e. The summed E-state index contributed by atoms with van der Waals surface area (Å²) in [6.07, 6.45) is 4.26. The first-order valence-electron chi connectivity index (χ1n) is 6.42. The SMILES string of the molecule is O=C(CCC1CCNCC1)N1CCOCC1. The Labute approximate surface area is 97.3 Å². The van der Waals surface area contributed by atoms with Crippen molar-refractivity contribution >= 4 is 5.91 Å². The Kier molecular flexibility index (Phi) is 4.60. The highest BCUT2D eigenvalue weighted by molar-refractivity contribution is 5.76. The van der Waals surface area contributed by atoms with Gasteiger partial charge in [0.15, 0.2) is 0 Å². The Balaban J connectivity index is 1.65. The third-order valence-electron chi connectivity index (χ3n) is 3.59. The molecule has 0 unspecified atom stereocenters. The Bertz CT molecular complexity index is 221. The van der Waals surface area contributed by atoms with Crippen molar-refractivity contribution in [1.82, 2.24) is 10.2 Å². The molecular weight excluding hydrogens is 204 g/mol. The summed E-state index contributed by atoms with van der Waals surface area (Å²) >= 11 is 0. The molecule has 0 atom stereocenters. The molecule has 4 heteroatoms. The van der Waals surface area contributed by atoms with Gasteiger partial charge in [-0.2, -0.15) is 0 Å². The lowest BCUT2D eigenvalue weighted by Gasteiger charge is -2.28. The molecule has 0 radical (unpaired) electrons. The van der Waals surface area contributed by atoms with Gasteiger partial charge in [-0.3, -0.25) is 4.79 Å². The number of ether oxygens (including phenoxy) is 1. The fourth-order valence-corrected chi connectivity index (χ4v) is 2.47. The van der Waals surface area contributed by atoms with E-state index in [2.05, 4.69) is 5.32 Å². The van der Waals surface area contributed by atoms with Gasteiger partial charge in [0, 0.05) is 19.5 Å². The van der Waals surface area contributed by atoms with Crippen LogP contribution in [0.3, 0.4) is 0 Å². The maximum absolute atomic E-state index is 11.9. The molecule has 0 aromatic heterocycles. The van der Waals surface area contributed by atoms with E-state index in [1.165, 1.54) is 12.8 Å². The predicted octanol–water partition coefficient (Wildman–Crippen LogP) is 0.625. The molecule has 0 bridgehead atoms. The van der Waals surface area contributed by atoms with Crippen LogP contribution in [0.15, 0.2) is 0 Å². The topological polar surface area (TPSA) is 41.6 Å². The van der Waals surface area contributed by atoms with Crippen LogP contribution in [0.5, 0.6) is 0 Å². The van der Waals surface area contributed by atoms with Crippen molar-refractivity contribution in [2.24, 2.45) is 5.92 Å². The van der Waals surface area contributed by atoms with E-state index in [0.717, 1.165) is 44.9 Å². The molecule has 2 saturated heterocycles. The Hall–Kier alpha value is -0.610. The van der Waals surface area contributed by atoms with E-state index in [4.69, 9.17) is 4.74 Å². The molecule has 0 aromatic rings. The second-order valence-electron chi connectivity index (χ2n) is 4.73. The largest absolute Gasteiger partial charge is 0.378 e. The quantitative estimate of drug-likeness (QED) is 0.767. The van der Waals surface area contributed by atoms with Crippen molar-refractivity contribution in [2.75, 3.05) is 39.4 Å². The molecule has 0 aromatic carbocycles. The monoisotopic (exact) mass is 226 g/mol. The van der Waals surface area contributed by atoms with Gasteiger partial charge >= 0.3 is 0 Å². The van der Waals surface area contributed by atoms with Crippen molar-refractivity contribution < 1.29 is 9.53 Å². The van der Waals surface area contributed by atoms with Gasteiger partial charge in [0.1, 0.15) is 0 Å². The Morgan fingerprint density at radius 3 is 2.62 bits per heavy atom. The van der Waals surface area contributed by atoms with E-state index in [1.54, 1.807) is 0 Å². The zero-order valence-corrected chi connectivity index (χ0v) is 9.91. The van der Waals surface area contributed by atoms with Crippen molar-refractivity contribution in [2.45, 2.75) is 25.7 Å². The summed E-state index contributed by atoms with van der Waals surface area (Å²) in [5.74, 6) is 1.08. The van der Waals surface area contributed by atoms with E-state index >= 15 is 0 Å². The van der Waals surface area contributed by atoms with E-state index < -0.39 is 0 Å². The molecule has 0 spiro atoms. The molecule has 16 heavy (non-hydrogen) atoms. The Morgan fingerprint density at radius 2 is 1.94 bits per heavy atom. The maximum Gasteiger partial charge on any atom is 0.222 e. The molecule has 92 valence electrons. The zero-order valence-electron chi connectivity index (χ0n) is 9.91. The number of carbonyl (C=O) groups excluding carboxylic acids is 1. The van der Waals surface area contributed by atoms with E-state index in [-0.39, 0.29) is 0 Å². The van der Waals surface area contributed by atoms with Gasteiger partial charge < -0.3 is 15.0 Å². The fraction of sp³-hybridized carbons (Fsp3) is 0.917. The van der Waals surface area contributed by atoms with Gasteiger partial charge in [0.25, 0.3) is 0 Å². The number of piperidine rings is 1. The van der Waals surface area contributed by atoms with Crippen LogP contribution in [0.4, 0.5) is 0 Å². The minimum absolute atomic E-state index is 0.321. The Morgan fingerprint density at radius 1 is 1.25 bits per heavy atom. The van der Waals surface area contributed by atoms with Gasteiger partial charge in [0.2, 0.25) is 5.91 Å². The first kappa shape index (κ1) is 11.9. The van der Waals surface area contributed by atoms with Gasteiger partial charge in [-0.25, -0.2) is 0 Å². The molecule has 4 nitrogen and oxygen atoms in total. The molecule has 0 saturated carbocycles. The van der Waals surface area contributed by atoms with Crippen LogP contribution >= 0.6 is 0 Å². The highest BCUT2D eigenvalue weighted by Crippen LogP contribution is 2.18. The fourth-order valence-electron chi connectivity index (χ4n) is 2.47. The van der Waals surface area contributed by atoms with E-state index in [0.29, 0.717) is 19.1 Å². The van der Waals surface area contributed by atoms with E-state index in [9.17, 15) is 4.79 Å². The zero-order chi connectivity index (χ0) is 11.2. The third-order valence-corrected chi connectivity index (χ3v) is 3.59. The summed E-state index contributed by atoms with van der Waals surface area (Å²) in [5, 5.41) is 3.35. The molecule has 2 heterocycles. The van der Waals surface area contributed by atoms with Crippen LogP contribution in [0.1, 0.15) is 25.7 Å². The number of amides is 1. The minimum atomic E-state index is 0.321. The number of hydrogen-bond acceptors (Lipinski definition) is 3. The lowest BCUT2D eigenvalue weighted by atomic mass is 9.93.